The first-order chi connectivity index (χ1) is 23.6. The highest BCUT2D eigenvalue weighted by Gasteiger charge is 2.33. The number of ether oxygens (including phenoxy) is 2. The Hall–Kier alpha value is -3.70. The quantitative estimate of drug-likeness (QED) is 0.239. The molecule has 1 aliphatic rings. The summed E-state index contributed by atoms with van der Waals surface area (Å²) < 4.78 is 79.2. The number of thiophene rings is 1. The number of aliphatic hydroxyl groups is 1. The van der Waals surface area contributed by atoms with E-state index in [-0.39, 0.29) is 58.6 Å². The smallest absolute Gasteiger partial charge is 0.416 e. The highest BCUT2D eigenvalue weighted by Crippen LogP contribution is 2.31. The second-order valence-corrected chi connectivity index (χ2v) is 15.6. The van der Waals surface area contributed by atoms with E-state index in [1.807, 2.05) is 13.8 Å². The molecular formula is C34H43F3N4O7S2. The molecule has 3 N–H and O–H groups in total. The van der Waals surface area contributed by atoms with Crippen molar-refractivity contribution >= 4 is 44.7 Å². The van der Waals surface area contributed by atoms with Crippen LogP contribution in [0.3, 0.4) is 0 Å². The van der Waals surface area contributed by atoms with Crippen molar-refractivity contribution in [2.24, 2.45) is 5.92 Å². The number of benzene rings is 2. The number of carbonyl (C=O) groups is 2. The number of hydrogen-bond acceptors (Lipinski definition) is 8. The molecule has 274 valence electrons. The van der Waals surface area contributed by atoms with Gasteiger partial charge in [0.05, 0.1) is 36.0 Å². The molecule has 4 atom stereocenters. The van der Waals surface area contributed by atoms with Crippen LogP contribution < -0.4 is 15.4 Å². The average Bonchev–Trinajstić information content (AvgIpc) is 3.62. The summed E-state index contributed by atoms with van der Waals surface area (Å²) >= 11 is 1.12. The molecule has 3 amide bonds. The zero-order chi connectivity index (χ0) is 36.6. The molecule has 0 saturated carbocycles. The second kappa shape index (κ2) is 17.0. The lowest BCUT2D eigenvalue weighted by atomic mass is 10.0. The van der Waals surface area contributed by atoms with Gasteiger partial charge in [0.2, 0.25) is 0 Å². The number of fused-ring (bicyclic) bond motifs is 1. The number of alkyl halides is 3. The van der Waals surface area contributed by atoms with E-state index in [0.29, 0.717) is 19.4 Å². The van der Waals surface area contributed by atoms with Crippen molar-refractivity contribution in [3.8, 4) is 5.75 Å². The molecule has 2 aromatic carbocycles. The number of amides is 3. The summed E-state index contributed by atoms with van der Waals surface area (Å²) in [4.78, 5) is 28.6. The van der Waals surface area contributed by atoms with E-state index in [1.165, 1.54) is 22.3 Å². The minimum Gasteiger partial charge on any atom is -0.490 e. The number of nitrogens with one attached hydrogen (secondary N) is 2. The average molecular weight is 741 g/mol. The summed E-state index contributed by atoms with van der Waals surface area (Å²) in [5.74, 6) is -0.607. The fourth-order valence-electron chi connectivity index (χ4n) is 5.41. The number of likely N-dealkylation sites (N-methyl/N-ethyl adjacent to an activating group) is 1. The largest absolute Gasteiger partial charge is 0.490 e. The third-order valence-corrected chi connectivity index (χ3v) is 11.6. The van der Waals surface area contributed by atoms with Gasteiger partial charge in [0.15, 0.2) is 0 Å². The van der Waals surface area contributed by atoms with Crippen molar-refractivity contribution in [2.75, 3.05) is 44.0 Å². The van der Waals surface area contributed by atoms with Gasteiger partial charge in [-0.15, -0.1) is 11.3 Å². The first-order valence-corrected chi connectivity index (χ1v) is 18.5. The molecule has 0 radical (unpaired) electrons. The number of urea groups is 1. The van der Waals surface area contributed by atoms with Crippen LogP contribution in [0.15, 0.2) is 64.2 Å². The van der Waals surface area contributed by atoms with Gasteiger partial charge in [-0.05, 0) is 87.0 Å². The second-order valence-electron chi connectivity index (χ2n) is 12.4. The maximum absolute atomic E-state index is 14.3. The van der Waals surface area contributed by atoms with Crippen molar-refractivity contribution in [1.82, 2.24) is 9.21 Å². The fourth-order valence-corrected chi connectivity index (χ4v) is 7.80. The predicted molar refractivity (Wildman–Crippen MR) is 185 cm³/mol. The molecule has 3 aromatic rings. The van der Waals surface area contributed by atoms with Crippen molar-refractivity contribution in [3.63, 3.8) is 0 Å². The van der Waals surface area contributed by atoms with E-state index in [0.717, 1.165) is 42.0 Å². The Morgan fingerprint density at radius 3 is 2.42 bits per heavy atom. The Bertz CT molecular complexity index is 1690. The first kappa shape index (κ1) is 39.1. The number of carbonyl (C=O) groups excluding carboxylic acids is 2. The van der Waals surface area contributed by atoms with Crippen LogP contribution in [0.1, 0.15) is 56.0 Å². The van der Waals surface area contributed by atoms with Gasteiger partial charge in [-0.1, -0.05) is 13.0 Å². The molecule has 0 aliphatic carbocycles. The topological polar surface area (TPSA) is 138 Å². The van der Waals surface area contributed by atoms with Crippen LogP contribution in [-0.2, 0) is 20.9 Å². The molecule has 2 heterocycles. The summed E-state index contributed by atoms with van der Waals surface area (Å²) in [6, 6.07) is 10.3. The number of rotatable bonds is 8. The maximum Gasteiger partial charge on any atom is 0.416 e. The Morgan fingerprint density at radius 1 is 1.10 bits per heavy atom. The Morgan fingerprint density at radius 2 is 1.78 bits per heavy atom. The summed E-state index contributed by atoms with van der Waals surface area (Å²) in [5, 5.41) is 17.0. The fraction of sp³-hybridized carbons (Fsp3) is 0.471. The summed E-state index contributed by atoms with van der Waals surface area (Å²) in [5.41, 5.74) is -0.398. The third-order valence-electron chi connectivity index (χ3n) is 8.38. The van der Waals surface area contributed by atoms with E-state index >= 15 is 0 Å². The first-order valence-electron chi connectivity index (χ1n) is 16.2. The van der Waals surface area contributed by atoms with Gasteiger partial charge in [-0.3, -0.25) is 4.79 Å². The van der Waals surface area contributed by atoms with E-state index in [9.17, 15) is 36.3 Å². The summed E-state index contributed by atoms with van der Waals surface area (Å²) in [6.45, 7) is 5.55. The number of nitrogens with zero attached hydrogens (tertiary/aromatic N) is 2. The van der Waals surface area contributed by atoms with Crippen LogP contribution in [0.5, 0.6) is 5.75 Å². The van der Waals surface area contributed by atoms with E-state index in [2.05, 4.69) is 10.6 Å². The summed E-state index contributed by atoms with van der Waals surface area (Å²) in [6.07, 6.45) is -3.34. The number of hydrogen-bond donors (Lipinski definition) is 3. The molecular weight excluding hydrogens is 698 g/mol. The van der Waals surface area contributed by atoms with Gasteiger partial charge in [-0.25, -0.2) is 13.2 Å². The number of aliphatic hydroxyl groups excluding tert-OH is 1. The zero-order valence-corrected chi connectivity index (χ0v) is 29.9. The predicted octanol–water partition coefficient (Wildman–Crippen LogP) is 6.53. The SMILES string of the molecule is C[C@@H]1CN([C@H](C)CO)C(=O)c2cc(NC(=O)Nc3ccc(C(F)(F)F)cc3)ccc2O[C@@H](C)CCCCO[C@@H]1CN(C)S(=O)(=O)c1cccs1. The van der Waals surface area contributed by atoms with Crippen LogP contribution in [0.25, 0.3) is 0 Å². The van der Waals surface area contributed by atoms with Gasteiger partial charge in [0, 0.05) is 44.0 Å². The molecule has 4 rings (SSSR count). The Balaban J connectivity index is 1.60. The minimum atomic E-state index is -4.52. The van der Waals surface area contributed by atoms with Gasteiger partial charge in [0.25, 0.3) is 15.9 Å². The summed E-state index contributed by atoms with van der Waals surface area (Å²) in [7, 11) is -2.27. The van der Waals surface area contributed by atoms with Crippen molar-refractivity contribution in [3.05, 3.63) is 71.1 Å². The van der Waals surface area contributed by atoms with E-state index in [1.54, 1.807) is 36.6 Å². The molecule has 16 heteroatoms. The lowest BCUT2D eigenvalue weighted by Crippen LogP contribution is -2.48. The molecule has 1 aliphatic heterocycles. The monoisotopic (exact) mass is 740 g/mol. The van der Waals surface area contributed by atoms with E-state index < -0.39 is 45.8 Å². The van der Waals surface area contributed by atoms with Crippen LogP contribution in [0.2, 0.25) is 0 Å². The molecule has 0 unspecified atom stereocenters. The highest BCUT2D eigenvalue weighted by molar-refractivity contribution is 7.91. The molecule has 0 spiro atoms. The lowest BCUT2D eigenvalue weighted by molar-refractivity contribution is -0.137. The van der Waals surface area contributed by atoms with Crippen LogP contribution in [0.4, 0.5) is 29.3 Å². The normalized spacial score (nSPS) is 20.4. The van der Waals surface area contributed by atoms with Crippen LogP contribution >= 0.6 is 11.3 Å². The Kier molecular flexibility index (Phi) is 13.3. The van der Waals surface area contributed by atoms with Crippen molar-refractivity contribution in [1.29, 1.82) is 0 Å². The number of sulfonamides is 1. The van der Waals surface area contributed by atoms with E-state index in [4.69, 9.17) is 9.47 Å². The highest BCUT2D eigenvalue weighted by atomic mass is 32.2. The molecule has 0 fully saturated rings. The lowest BCUT2D eigenvalue weighted by Gasteiger charge is -2.35. The third kappa shape index (κ3) is 10.2. The minimum absolute atomic E-state index is 0.0369. The van der Waals surface area contributed by atoms with Gasteiger partial charge >= 0.3 is 12.2 Å². The molecule has 50 heavy (non-hydrogen) atoms. The number of halogens is 3. The standard InChI is InChI=1S/C34H43F3N4O7S2/c1-22-19-41(23(2)21-42)32(43)28-18-27(39-33(44)38-26-12-10-25(11-13-26)34(35,36)37)14-15-29(28)48-24(3)8-5-6-16-47-30(22)20-40(4)50(45,46)31-9-7-17-49-31/h7,9-15,17-18,22-24,30,42H,5-6,8,16,19-21H2,1-4H3,(H2,38,39,44)/t22-,23-,24+,30-/m1/s1. The molecule has 11 nitrogen and oxygen atoms in total. The number of anilines is 2. The maximum atomic E-state index is 14.3. The Labute approximate surface area is 294 Å². The molecule has 1 aromatic heterocycles. The van der Waals surface area contributed by atoms with Crippen molar-refractivity contribution in [2.45, 2.75) is 68.7 Å². The van der Waals surface area contributed by atoms with Crippen LogP contribution in [0, 0.1) is 5.92 Å². The van der Waals surface area contributed by atoms with Gasteiger partial charge < -0.3 is 30.1 Å². The zero-order valence-electron chi connectivity index (χ0n) is 28.3. The molecule has 0 bridgehead atoms. The van der Waals surface area contributed by atoms with Gasteiger partial charge in [-0.2, -0.15) is 17.5 Å². The van der Waals surface area contributed by atoms with Gasteiger partial charge in [0.1, 0.15) is 9.96 Å². The van der Waals surface area contributed by atoms with Crippen molar-refractivity contribution < 1.29 is 45.8 Å². The van der Waals surface area contributed by atoms with Crippen LogP contribution in [-0.4, -0.2) is 86.3 Å². The molecule has 0 saturated heterocycles.